The van der Waals surface area contributed by atoms with Gasteiger partial charge in [0.15, 0.2) is 0 Å². The second-order valence-corrected chi connectivity index (χ2v) is 5.76. The van der Waals surface area contributed by atoms with Crippen molar-refractivity contribution in [2.75, 3.05) is 6.61 Å². The van der Waals surface area contributed by atoms with Crippen LogP contribution in [0.5, 0.6) is 0 Å². The molecule has 0 spiro atoms. The fourth-order valence-electron chi connectivity index (χ4n) is 1.96. The first-order chi connectivity index (χ1) is 11.1. The van der Waals surface area contributed by atoms with Crippen LogP contribution in [0.25, 0.3) is 0 Å². The summed E-state index contributed by atoms with van der Waals surface area (Å²) in [6.07, 6.45) is -8.02. The van der Waals surface area contributed by atoms with E-state index in [9.17, 15) is 22.7 Å². The van der Waals surface area contributed by atoms with Gasteiger partial charge in [-0.25, -0.2) is 13.8 Å². The van der Waals surface area contributed by atoms with E-state index in [4.69, 9.17) is 23.2 Å². The number of benzene rings is 1. The van der Waals surface area contributed by atoms with Crippen LogP contribution in [-0.2, 0) is 16.8 Å². The van der Waals surface area contributed by atoms with Gasteiger partial charge in [0.25, 0.3) is 0 Å². The average molecular weight is 388 g/mol. The predicted octanol–water partition coefficient (Wildman–Crippen LogP) is 3.42. The van der Waals surface area contributed by atoms with E-state index in [1.54, 1.807) is 0 Å². The van der Waals surface area contributed by atoms with Crippen molar-refractivity contribution in [1.29, 1.82) is 0 Å². The quantitative estimate of drug-likeness (QED) is 0.714. The highest BCUT2D eigenvalue weighted by Crippen LogP contribution is 2.35. The molecule has 0 aliphatic rings. The van der Waals surface area contributed by atoms with Gasteiger partial charge in [0, 0.05) is 22.0 Å². The Kier molecular flexibility index (Phi) is 5.69. The largest absolute Gasteiger partial charge is 0.416 e. The third-order valence-corrected chi connectivity index (χ3v) is 3.66. The summed E-state index contributed by atoms with van der Waals surface area (Å²) in [6, 6.07) is 3.92. The summed E-state index contributed by atoms with van der Waals surface area (Å²) in [4.78, 5) is 3.77. The van der Waals surface area contributed by atoms with Crippen molar-refractivity contribution in [3.63, 3.8) is 0 Å². The lowest BCUT2D eigenvalue weighted by Gasteiger charge is -2.30. The first-order valence-corrected chi connectivity index (χ1v) is 7.22. The molecule has 0 radical (unpaired) electrons. The van der Waals surface area contributed by atoms with Crippen molar-refractivity contribution in [1.82, 2.24) is 15.2 Å². The number of nitrogens with one attached hydrogen (secondary N) is 1. The van der Waals surface area contributed by atoms with Crippen LogP contribution in [0, 0.1) is 0 Å². The number of nitrogens with zero attached hydrogens (tertiary/aromatic N) is 2. The van der Waals surface area contributed by atoms with Crippen molar-refractivity contribution in [3.8, 4) is 0 Å². The van der Waals surface area contributed by atoms with Crippen LogP contribution in [0.3, 0.4) is 0 Å². The van der Waals surface area contributed by atoms with Crippen molar-refractivity contribution >= 4 is 23.2 Å². The van der Waals surface area contributed by atoms with Gasteiger partial charge in [-0.2, -0.15) is 13.9 Å². The lowest BCUT2D eigenvalue weighted by molar-refractivity contribution is -0.315. The van der Waals surface area contributed by atoms with Gasteiger partial charge in [-0.1, -0.05) is 29.3 Å². The first kappa shape index (κ1) is 18.9. The van der Waals surface area contributed by atoms with E-state index >= 15 is 0 Å². The zero-order valence-corrected chi connectivity index (χ0v) is 13.3. The molecule has 0 fully saturated rings. The third kappa shape index (κ3) is 4.35. The number of H-pyrrole nitrogens is 1. The zero-order chi connectivity index (χ0) is 18.0. The van der Waals surface area contributed by atoms with Crippen molar-refractivity contribution in [2.45, 2.75) is 24.6 Å². The van der Waals surface area contributed by atoms with Crippen LogP contribution in [0.1, 0.15) is 11.4 Å². The molecule has 0 saturated heterocycles. The Labute approximate surface area is 143 Å². The molecule has 0 amide bonds. The molecule has 1 unspecified atom stereocenters. The Hall–Kier alpha value is -1.42. The summed E-state index contributed by atoms with van der Waals surface area (Å²) in [5.74, 6) is 0.118. The highest BCUT2D eigenvalue weighted by atomic mass is 35.5. The van der Waals surface area contributed by atoms with E-state index in [1.807, 2.05) is 0 Å². The predicted molar refractivity (Wildman–Crippen MR) is 77.3 cm³/mol. The molecule has 5 nitrogen and oxygen atoms in total. The second kappa shape index (κ2) is 7.22. The molecule has 2 N–H and O–H groups in total. The van der Waals surface area contributed by atoms with Gasteiger partial charge in [0.1, 0.15) is 17.8 Å². The Morgan fingerprint density at radius 3 is 2.54 bits per heavy atom. The molecule has 0 bridgehead atoms. The van der Waals surface area contributed by atoms with Crippen LogP contribution in [-0.4, -0.2) is 39.4 Å². The summed E-state index contributed by atoms with van der Waals surface area (Å²) >= 11 is 11.7. The number of hydrogen-bond acceptors (Lipinski definition) is 4. The molecule has 2 aromatic rings. The molecule has 1 aromatic carbocycles. The third-order valence-electron chi connectivity index (χ3n) is 3.11. The van der Waals surface area contributed by atoms with E-state index in [0.717, 1.165) is 6.33 Å². The van der Waals surface area contributed by atoms with Gasteiger partial charge in [-0.05, 0) is 12.1 Å². The van der Waals surface area contributed by atoms with E-state index in [-0.39, 0.29) is 27.9 Å². The minimum Gasteiger partial charge on any atom is -0.382 e. The van der Waals surface area contributed by atoms with Crippen LogP contribution in [0.15, 0.2) is 24.5 Å². The molecule has 0 aliphatic carbocycles. The molecule has 0 saturated carbocycles. The molecule has 24 heavy (non-hydrogen) atoms. The standard InChI is InChI=1S/C13H11Cl2F4N3O2/c14-7-1-2-8(9(15)3-7)12(23,4-10-20-6-21-22-10)5-24-13(18,19)11(16)17/h1-3,6,11,23H,4-5H2,(H,20,21,22). The topological polar surface area (TPSA) is 71.0 Å². The number of halogens is 6. The van der Waals surface area contributed by atoms with Gasteiger partial charge in [-0.3, -0.25) is 5.10 Å². The minimum atomic E-state index is -4.73. The first-order valence-electron chi connectivity index (χ1n) is 6.46. The van der Waals surface area contributed by atoms with Crippen LogP contribution >= 0.6 is 23.2 Å². The molecule has 1 aromatic heterocycles. The summed E-state index contributed by atoms with van der Waals surface area (Å²) < 4.78 is 54.6. The highest BCUT2D eigenvalue weighted by molar-refractivity contribution is 6.35. The smallest absolute Gasteiger partial charge is 0.382 e. The van der Waals surface area contributed by atoms with E-state index in [0.29, 0.717) is 0 Å². The molecule has 0 aliphatic heterocycles. The van der Waals surface area contributed by atoms with Gasteiger partial charge >= 0.3 is 12.5 Å². The van der Waals surface area contributed by atoms with Gasteiger partial charge in [-0.15, -0.1) is 0 Å². The maximum absolute atomic E-state index is 13.1. The normalized spacial score (nSPS) is 14.8. The summed E-state index contributed by atoms with van der Waals surface area (Å²) in [5, 5.41) is 16.9. The summed E-state index contributed by atoms with van der Waals surface area (Å²) in [5.41, 5.74) is -2.20. The number of aromatic nitrogens is 3. The number of aromatic amines is 1. The van der Waals surface area contributed by atoms with E-state index < -0.39 is 24.7 Å². The van der Waals surface area contributed by atoms with Gasteiger partial charge in [0.2, 0.25) is 0 Å². The molecule has 1 heterocycles. The SMILES string of the molecule is OC(COC(F)(F)C(F)F)(Cc1ncn[nH]1)c1ccc(Cl)cc1Cl. The van der Waals surface area contributed by atoms with Crippen LogP contribution in [0.4, 0.5) is 17.6 Å². The zero-order valence-electron chi connectivity index (χ0n) is 11.8. The Morgan fingerprint density at radius 2 is 2.00 bits per heavy atom. The molecular weight excluding hydrogens is 377 g/mol. The van der Waals surface area contributed by atoms with Crippen LogP contribution < -0.4 is 0 Å². The molecular formula is C13H11Cl2F4N3O2. The Morgan fingerprint density at radius 1 is 1.29 bits per heavy atom. The van der Waals surface area contributed by atoms with Crippen molar-refractivity contribution < 1.29 is 27.4 Å². The lowest BCUT2D eigenvalue weighted by atomic mass is 9.90. The number of hydrogen-bond donors (Lipinski definition) is 2. The van der Waals surface area contributed by atoms with Crippen molar-refractivity contribution in [3.05, 3.63) is 46.0 Å². The van der Waals surface area contributed by atoms with Gasteiger partial charge < -0.3 is 9.84 Å². The monoisotopic (exact) mass is 387 g/mol. The molecule has 1 atom stereocenters. The molecule has 132 valence electrons. The summed E-state index contributed by atoms with van der Waals surface area (Å²) in [6.45, 7) is -1.16. The summed E-state index contributed by atoms with van der Waals surface area (Å²) in [7, 11) is 0. The number of alkyl halides is 4. The van der Waals surface area contributed by atoms with E-state index in [1.165, 1.54) is 18.2 Å². The highest BCUT2D eigenvalue weighted by Gasteiger charge is 2.45. The van der Waals surface area contributed by atoms with E-state index in [2.05, 4.69) is 19.9 Å². The van der Waals surface area contributed by atoms with Gasteiger partial charge in [0.05, 0.1) is 6.61 Å². The number of ether oxygens (including phenoxy) is 1. The number of rotatable bonds is 7. The Bertz CT molecular complexity index is 688. The lowest BCUT2D eigenvalue weighted by Crippen LogP contribution is -2.41. The average Bonchev–Trinajstić information content (AvgIpc) is 2.97. The maximum atomic E-state index is 13.1. The maximum Gasteiger partial charge on any atom is 0.416 e. The van der Waals surface area contributed by atoms with Crippen LogP contribution in [0.2, 0.25) is 10.0 Å². The number of aliphatic hydroxyl groups is 1. The fraction of sp³-hybridized carbons (Fsp3) is 0.385. The molecule has 2 rings (SSSR count). The minimum absolute atomic E-state index is 0.0324. The van der Waals surface area contributed by atoms with Crippen molar-refractivity contribution in [2.24, 2.45) is 0 Å². The molecule has 11 heteroatoms. The second-order valence-electron chi connectivity index (χ2n) is 4.92. The fourth-order valence-corrected chi connectivity index (χ4v) is 2.55. The Balaban J connectivity index is 2.34.